The number of carbonyl (C=O) groups is 1. The molecule has 156 valence electrons. The lowest BCUT2D eigenvalue weighted by Crippen LogP contribution is -2.37. The van der Waals surface area contributed by atoms with E-state index in [1.165, 1.54) is 6.07 Å². The van der Waals surface area contributed by atoms with Crippen LogP contribution in [0.3, 0.4) is 0 Å². The minimum atomic E-state index is -0.178. The van der Waals surface area contributed by atoms with Crippen LogP contribution < -0.4 is 10.6 Å². The van der Waals surface area contributed by atoms with Crippen molar-refractivity contribution in [2.24, 2.45) is 4.99 Å². The molecule has 1 heterocycles. The Labute approximate surface area is 188 Å². The number of benzene rings is 2. The molecule has 3 rings (SSSR count). The normalized spacial score (nSPS) is 13.9. The summed E-state index contributed by atoms with van der Waals surface area (Å²) in [6.45, 7) is 2.79. The van der Waals surface area contributed by atoms with Gasteiger partial charge in [0.05, 0.1) is 0 Å². The van der Waals surface area contributed by atoms with Gasteiger partial charge in [-0.05, 0) is 35.6 Å². The van der Waals surface area contributed by atoms with E-state index >= 15 is 0 Å². The number of nitrogens with one attached hydrogen (secondary N) is 2. The number of likely N-dealkylation sites (tertiary alicyclic amines) is 1. The van der Waals surface area contributed by atoms with Crippen LogP contribution >= 0.6 is 24.0 Å². The first kappa shape index (κ1) is 23.1. The summed E-state index contributed by atoms with van der Waals surface area (Å²) in [4.78, 5) is 17.8. The first-order valence-corrected chi connectivity index (χ1v) is 9.69. The lowest BCUT2D eigenvalue weighted by molar-refractivity contribution is -0.128. The van der Waals surface area contributed by atoms with Gasteiger partial charge in [0, 0.05) is 39.6 Å². The van der Waals surface area contributed by atoms with E-state index in [0.717, 1.165) is 24.1 Å². The predicted octanol–water partition coefficient (Wildman–Crippen LogP) is 3.47. The fourth-order valence-electron chi connectivity index (χ4n) is 3.28. The Morgan fingerprint density at radius 1 is 1.10 bits per heavy atom. The molecule has 5 nitrogen and oxygen atoms in total. The molecule has 7 heteroatoms. The van der Waals surface area contributed by atoms with Crippen molar-refractivity contribution >= 4 is 35.8 Å². The molecular formula is C22H28FIN4O. The third kappa shape index (κ3) is 6.99. The summed E-state index contributed by atoms with van der Waals surface area (Å²) < 4.78 is 13.7. The lowest BCUT2D eigenvalue weighted by Gasteiger charge is -2.16. The monoisotopic (exact) mass is 510 g/mol. The molecular weight excluding hydrogens is 482 g/mol. The predicted molar refractivity (Wildman–Crippen MR) is 125 cm³/mol. The number of aliphatic imine (C=N–C) groups is 1. The number of rotatable bonds is 7. The molecule has 0 radical (unpaired) electrons. The van der Waals surface area contributed by atoms with Crippen LogP contribution in [-0.2, 0) is 24.3 Å². The van der Waals surface area contributed by atoms with Crippen molar-refractivity contribution in [3.05, 3.63) is 71.0 Å². The second-order valence-corrected chi connectivity index (χ2v) is 6.93. The topological polar surface area (TPSA) is 56.7 Å². The maximum Gasteiger partial charge on any atom is 0.222 e. The molecule has 1 amide bonds. The van der Waals surface area contributed by atoms with Gasteiger partial charge in [0.1, 0.15) is 5.82 Å². The average Bonchev–Trinajstić information content (AvgIpc) is 3.11. The van der Waals surface area contributed by atoms with Crippen molar-refractivity contribution in [2.75, 3.05) is 20.1 Å². The zero-order valence-electron chi connectivity index (χ0n) is 16.7. The van der Waals surface area contributed by atoms with Gasteiger partial charge >= 0.3 is 0 Å². The summed E-state index contributed by atoms with van der Waals surface area (Å²) in [5.74, 6) is 0.752. The summed E-state index contributed by atoms with van der Waals surface area (Å²) in [5.41, 5.74) is 2.97. The van der Waals surface area contributed by atoms with Crippen LogP contribution in [0.15, 0.2) is 53.5 Å². The number of carbonyl (C=O) groups excluding carboxylic acids is 1. The standard InChI is InChI=1S/C22H27FN4O.HI/c1-24-22(25-13-12-19-5-2-3-6-20(19)23)26-15-17-8-10-18(11-9-17)16-27-14-4-7-21(27)28;/h2-3,5-6,8-11H,4,7,12-16H2,1H3,(H2,24,25,26);1H. The first-order chi connectivity index (χ1) is 13.7. The van der Waals surface area contributed by atoms with Crippen LogP contribution in [-0.4, -0.2) is 36.9 Å². The zero-order valence-corrected chi connectivity index (χ0v) is 19.0. The molecule has 1 saturated heterocycles. The smallest absolute Gasteiger partial charge is 0.222 e. The highest BCUT2D eigenvalue weighted by Crippen LogP contribution is 2.14. The highest BCUT2D eigenvalue weighted by Gasteiger charge is 2.19. The summed E-state index contributed by atoms with van der Waals surface area (Å²) in [5, 5.41) is 6.47. The van der Waals surface area contributed by atoms with Crippen LogP contribution in [0.25, 0.3) is 0 Å². The molecule has 2 aromatic rings. The van der Waals surface area contributed by atoms with Gasteiger partial charge in [-0.15, -0.1) is 24.0 Å². The Balaban J connectivity index is 0.00000300. The molecule has 1 fully saturated rings. The number of guanidine groups is 1. The van der Waals surface area contributed by atoms with Gasteiger partial charge in [0.25, 0.3) is 0 Å². The second-order valence-electron chi connectivity index (χ2n) is 6.93. The van der Waals surface area contributed by atoms with Gasteiger partial charge in [-0.2, -0.15) is 0 Å². The van der Waals surface area contributed by atoms with Gasteiger partial charge in [-0.25, -0.2) is 4.39 Å². The van der Waals surface area contributed by atoms with E-state index in [-0.39, 0.29) is 35.7 Å². The Hall–Kier alpha value is -2.16. The quantitative estimate of drug-likeness (QED) is 0.341. The van der Waals surface area contributed by atoms with Crippen molar-refractivity contribution in [1.29, 1.82) is 0 Å². The van der Waals surface area contributed by atoms with Crippen molar-refractivity contribution in [3.63, 3.8) is 0 Å². The number of nitrogens with zero attached hydrogens (tertiary/aromatic N) is 2. The summed E-state index contributed by atoms with van der Waals surface area (Å²) >= 11 is 0. The largest absolute Gasteiger partial charge is 0.356 e. The molecule has 1 aliphatic heterocycles. The van der Waals surface area contributed by atoms with Gasteiger partial charge < -0.3 is 15.5 Å². The van der Waals surface area contributed by atoms with Crippen LogP contribution in [0.2, 0.25) is 0 Å². The van der Waals surface area contributed by atoms with Crippen molar-refractivity contribution in [2.45, 2.75) is 32.4 Å². The molecule has 0 atom stereocenters. The Morgan fingerprint density at radius 2 is 1.83 bits per heavy atom. The highest BCUT2D eigenvalue weighted by atomic mass is 127. The van der Waals surface area contributed by atoms with E-state index in [1.807, 2.05) is 11.0 Å². The number of amides is 1. The van der Waals surface area contributed by atoms with Gasteiger partial charge in [-0.1, -0.05) is 42.5 Å². The third-order valence-corrected chi connectivity index (χ3v) is 4.90. The Bertz CT molecular complexity index is 826. The van der Waals surface area contributed by atoms with E-state index in [4.69, 9.17) is 0 Å². The number of hydrogen-bond acceptors (Lipinski definition) is 2. The van der Waals surface area contributed by atoms with Gasteiger partial charge in [-0.3, -0.25) is 9.79 Å². The van der Waals surface area contributed by atoms with E-state index in [0.29, 0.717) is 44.0 Å². The van der Waals surface area contributed by atoms with Crippen LogP contribution in [0, 0.1) is 5.82 Å². The third-order valence-electron chi connectivity index (χ3n) is 4.90. The summed E-state index contributed by atoms with van der Waals surface area (Å²) in [6.07, 6.45) is 2.23. The van der Waals surface area contributed by atoms with Crippen molar-refractivity contribution < 1.29 is 9.18 Å². The molecule has 2 aromatic carbocycles. The molecule has 0 unspecified atom stereocenters. The molecule has 0 saturated carbocycles. The molecule has 0 spiro atoms. The minimum Gasteiger partial charge on any atom is -0.356 e. The zero-order chi connectivity index (χ0) is 19.8. The minimum absolute atomic E-state index is 0. The van der Waals surface area contributed by atoms with Gasteiger partial charge in [0.15, 0.2) is 5.96 Å². The van der Waals surface area contributed by atoms with Crippen molar-refractivity contribution in [1.82, 2.24) is 15.5 Å². The highest BCUT2D eigenvalue weighted by molar-refractivity contribution is 14.0. The molecule has 1 aliphatic rings. The van der Waals surface area contributed by atoms with Crippen LogP contribution in [0.4, 0.5) is 4.39 Å². The first-order valence-electron chi connectivity index (χ1n) is 9.69. The van der Waals surface area contributed by atoms with E-state index in [9.17, 15) is 9.18 Å². The lowest BCUT2D eigenvalue weighted by atomic mass is 10.1. The number of halogens is 2. The average molecular weight is 510 g/mol. The number of hydrogen-bond donors (Lipinski definition) is 2. The molecule has 29 heavy (non-hydrogen) atoms. The van der Waals surface area contributed by atoms with Crippen LogP contribution in [0.5, 0.6) is 0 Å². The fraction of sp³-hybridized carbons (Fsp3) is 0.364. The molecule has 2 N–H and O–H groups in total. The maximum atomic E-state index is 13.7. The Kier molecular flexibility index (Phi) is 9.37. The summed E-state index contributed by atoms with van der Waals surface area (Å²) in [7, 11) is 1.72. The fourth-order valence-corrected chi connectivity index (χ4v) is 3.28. The van der Waals surface area contributed by atoms with Crippen LogP contribution in [0.1, 0.15) is 29.5 Å². The van der Waals surface area contributed by atoms with E-state index in [1.54, 1.807) is 19.2 Å². The van der Waals surface area contributed by atoms with E-state index < -0.39 is 0 Å². The van der Waals surface area contributed by atoms with Gasteiger partial charge in [0.2, 0.25) is 5.91 Å². The van der Waals surface area contributed by atoms with E-state index in [2.05, 4.69) is 39.9 Å². The Morgan fingerprint density at radius 3 is 2.48 bits per heavy atom. The molecule has 0 bridgehead atoms. The maximum absolute atomic E-state index is 13.7. The molecule has 0 aromatic heterocycles. The second kappa shape index (κ2) is 11.7. The summed E-state index contributed by atoms with van der Waals surface area (Å²) in [6, 6.07) is 15.1. The SMILES string of the molecule is CN=C(NCCc1ccccc1F)NCc1ccc(CN2CCCC2=O)cc1.I. The van der Waals surface area contributed by atoms with Crippen molar-refractivity contribution in [3.8, 4) is 0 Å². The molecule has 0 aliphatic carbocycles.